The number of benzene rings is 1. The number of ether oxygens (including phenoxy) is 1. The summed E-state index contributed by atoms with van der Waals surface area (Å²) in [5.41, 5.74) is 1.53. The molecule has 152 valence electrons. The van der Waals surface area contributed by atoms with Gasteiger partial charge in [-0.25, -0.2) is 8.42 Å². The zero-order chi connectivity index (χ0) is 20.1. The number of hydrogen-bond acceptors (Lipinski definition) is 5. The summed E-state index contributed by atoms with van der Waals surface area (Å²) in [6.45, 7) is 0.999. The molecule has 8 heteroatoms. The van der Waals surface area contributed by atoms with Crippen LogP contribution in [-0.4, -0.2) is 49.1 Å². The summed E-state index contributed by atoms with van der Waals surface area (Å²) >= 11 is 5.90. The third kappa shape index (κ3) is 3.51. The topological polar surface area (TPSA) is 71.9 Å². The highest BCUT2D eigenvalue weighted by Gasteiger charge is 2.52. The highest BCUT2D eigenvalue weighted by Crippen LogP contribution is 2.47. The molecule has 6 rings (SSSR count). The SMILES string of the molecule is O=S1(=O)CCN2C(=N1)C1(COc3ccc(-c4ccc(Cl)cn4)cc3)CCC2CC1. The molecule has 0 radical (unpaired) electrons. The van der Waals surface area contributed by atoms with Crippen molar-refractivity contribution in [3.63, 3.8) is 0 Å². The zero-order valence-corrected chi connectivity index (χ0v) is 17.5. The van der Waals surface area contributed by atoms with Crippen LogP contribution in [0.5, 0.6) is 5.75 Å². The number of rotatable bonds is 4. The quantitative estimate of drug-likeness (QED) is 0.736. The third-order valence-corrected chi connectivity index (χ3v) is 7.68. The van der Waals surface area contributed by atoms with Crippen molar-refractivity contribution in [3.05, 3.63) is 47.6 Å². The molecular formula is C21H22ClN3O3S. The highest BCUT2D eigenvalue weighted by molar-refractivity contribution is 7.90. The van der Waals surface area contributed by atoms with E-state index < -0.39 is 10.0 Å². The summed E-state index contributed by atoms with van der Waals surface area (Å²) in [5.74, 6) is 1.60. The molecule has 6 nitrogen and oxygen atoms in total. The summed E-state index contributed by atoms with van der Waals surface area (Å²) in [6.07, 6.45) is 5.63. The van der Waals surface area contributed by atoms with E-state index in [1.165, 1.54) is 0 Å². The van der Waals surface area contributed by atoms with Crippen molar-refractivity contribution in [3.8, 4) is 17.0 Å². The molecule has 0 atom stereocenters. The Morgan fingerprint density at radius 3 is 2.59 bits per heavy atom. The van der Waals surface area contributed by atoms with Gasteiger partial charge in [0.1, 0.15) is 18.2 Å². The lowest BCUT2D eigenvalue weighted by Gasteiger charge is -2.54. The molecule has 0 unspecified atom stereocenters. The maximum atomic E-state index is 12.1. The second kappa shape index (κ2) is 6.99. The minimum absolute atomic E-state index is 0.115. The van der Waals surface area contributed by atoms with Crippen LogP contribution in [0.25, 0.3) is 11.3 Å². The molecule has 1 aromatic heterocycles. The Morgan fingerprint density at radius 2 is 1.90 bits per heavy atom. The van der Waals surface area contributed by atoms with Crippen LogP contribution in [0, 0.1) is 5.41 Å². The van der Waals surface area contributed by atoms with Gasteiger partial charge in [0, 0.05) is 24.3 Å². The maximum Gasteiger partial charge on any atom is 0.256 e. The van der Waals surface area contributed by atoms with E-state index in [9.17, 15) is 8.42 Å². The van der Waals surface area contributed by atoms with E-state index in [-0.39, 0.29) is 11.2 Å². The number of halogens is 1. The molecule has 3 aliphatic heterocycles. The molecule has 0 amide bonds. The van der Waals surface area contributed by atoms with Gasteiger partial charge in [-0.05, 0) is 62.1 Å². The zero-order valence-electron chi connectivity index (χ0n) is 15.9. The van der Waals surface area contributed by atoms with Gasteiger partial charge in [-0.2, -0.15) is 0 Å². The molecule has 1 aromatic carbocycles. The van der Waals surface area contributed by atoms with Gasteiger partial charge < -0.3 is 9.64 Å². The van der Waals surface area contributed by atoms with Gasteiger partial charge in [0.05, 0.1) is 21.9 Å². The summed E-state index contributed by atoms with van der Waals surface area (Å²) in [4.78, 5) is 6.55. The van der Waals surface area contributed by atoms with Crippen LogP contribution in [0.4, 0.5) is 0 Å². The average Bonchev–Trinajstić information content (AvgIpc) is 2.73. The molecule has 29 heavy (non-hydrogen) atoms. The van der Waals surface area contributed by atoms with E-state index in [1.54, 1.807) is 6.20 Å². The second-order valence-electron chi connectivity index (χ2n) is 8.08. The van der Waals surface area contributed by atoms with E-state index in [2.05, 4.69) is 14.3 Å². The molecular weight excluding hydrogens is 410 g/mol. The Kier molecular flexibility index (Phi) is 4.55. The van der Waals surface area contributed by atoms with Crippen LogP contribution >= 0.6 is 11.6 Å². The number of fused-ring (bicyclic) bond motifs is 2. The van der Waals surface area contributed by atoms with Crippen molar-refractivity contribution >= 4 is 27.5 Å². The normalized spacial score (nSPS) is 27.3. The van der Waals surface area contributed by atoms with Crippen molar-refractivity contribution < 1.29 is 13.2 Å². The first-order valence-electron chi connectivity index (χ1n) is 9.89. The molecule has 2 saturated heterocycles. The number of amidine groups is 1. The minimum Gasteiger partial charge on any atom is -0.493 e. The Morgan fingerprint density at radius 1 is 1.14 bits per heavy atom. The second-order valence-corrected chi connectivity index (χ2v) is 10.3. The molecule has 2 bridgehead atoms. The smallest absolute Gasteiger partial charge is 0.256 e. The van der Waals surface area contributed by atoms with Crippen LogP contribution in [-0.2, 0) is 10.0 Å². The Balaban J connectivity index is 1.35. The Labute approximate surface area is 175 Å². The third-order valence-electron chi connectivity index (χ3n) is 6.31. The summed E-state index contributed by atoms with van der Waals surface area (Å²) in [5, 5.41) is 0.608. The van der Waals surface area contributed by atoms with Crippen LogP contribution < -0.4 is 4.74 Å². The van der Waals surface area contributed by atoms with E-state index in [1.807, 2.05) is 36.4 Å². The van der Waals surface area contributed by atoms with Crippen molar-refractivity contribution in [1.82, 2.24) is 9.88 Å². The predicted octanol–water partition coefficient (Wildman–Crippen LogP) is 3.77. The molecule has 3 fully saturated rings. The Hall–Kier alpha value is -2.12. The van der Waals surface area contributed by atoms with Gasteiger partial charge in [0.15, 0.2) is 0 Å². The molecule has 0 N–H and O–H groups in total. The van der Waals surface area contributed by atoms with Crippen molar-refractivity contribution in [2.75, 3.05) is 18.9 Å². The summed E-state index contributed by atoms with van der Waals surface area (Å²) in [6, 6.07) is 11.9. The summed E-state index contributed by atoms with van der Waals surface area (Å²) < 4.78 is 34.6. The minimum atomic E-state index is -3.36. The fourth-order valence-corrected chi connectivity index (χ4v) is 5.89. The number of hydrogen-bond donors (Lipinski definition) is 0. The van der Waals surface area contributed by atoms with Gasteiger partial charge in [0.2, 0.25) is 0 Å². The van der Waals surface area contributed by atoms with Gasteiger partial charge in [-0.1, -0.05) is 11.6 Å². The number of nitrogens with zero attached hydrogens (tertiary/aromatic N) is 3. The fourth-order valence-electron chi connectivity index (χ4n) is 4.70. The lowest BCUT2D eigenvalue weighted by molar-refractivity contribution is 0.0657. The largest absolute Gasteiger partial charge is 0.493 e. The monoisotopic (exact) mass is 431 g/mol. The lowest BCUT2D eigenvalue weighted by atomic mass is 9.67. The van der Waals surface area contributed by atoms with Crippen molar-refractivity contribution in [1.29, 1.82) is 0 Å². The first-order chi connectivity index (χ1) is 13.9. The van der Waals surface area contributed by atoms with Crippen LogP contribution in [0.2, 0.25) is 5.02 Å². The first-order valence-corrected chi connectivity index (χ1v) is 11.9. The van der Waals surface area contributed by atoms with Gasteiger partial charge in [-0.15, -0.1) is 4.40 Å². The van der Waals surface area contributed by atoms with Crippen molar-refractivity contribution in [2.45, 2.75) is 31.7 Å². The fraction of sp³-hybridized carbons (Fsp3) is 0.429. The van der Waals surface area contributed by atoms with Crippen LogP contribution in [0.1, 0.15) is 25.7 Å². The van der Waals surface area contributed by atoms with Crippen LogP contribution in [0.3, 0.4) is 0 Å². The van der Waals surface area contributed by atoms with E-state index in [0.717, 1.165) is 48.5 Å². The highest BCUT2D eigenvalue weighted by atomic mass is 35.5. The van der Waals surface area contributed by atoms with E-state index >= 15 is 0 Å². The van der Waals surface area contributed by atoms with E-state index in [4.69, 9.17) is 16.3 Å². The molecule has 4 aliphatic rings. The maximum absolute atomic E-state index is 12.1. The molecule has 0 spiro atoms. The molecule has 1 saturated carbocycles. The van der Waals surface area contributed by atoms with Gasteiger partial charge in [0.25, 0.3) is 10.0 Å². The lowest BCUT2D eigenvalue weighted by Crippen LogP contribution is -2.62. The number of aromatic nitrogens is 1. The number of pyridine rings is 1. The average molecular weight is 432 g/mol. The first kappa shape index (κ1) is 18.9. The van der Waals surface area contributed by atoms with Gasteiger partial charge in [-0.3, -0.25) is 4.98 Å². The van der Waals surface area contributed by atoms with Crippen LogP contribution in [0.15, 0.2) is 47.0 Å². The standard InChI is InChI=1S/C21H22ClN3O3S/c22-16-3-6-19(23-13-16)15-1-4-18(5-2-15)28-14-21-9-7-17(8-10-21)25-11-12-29(26,27)24-20(21)25/h1-6,13,17H,7-12,14H2. The van der Waals surface area contributed by atoms with Gasteiger partial charge >= 0.3 is 0 Å². The molecule has 4 heterocycles. The Bertz CT molecular complexity index is 1040. The number of sulfonamides is 1. The summed E-state index contributed by atoms with van der Waals surface area (Å²) in [7, 11) is -3.36. The number of piperidine rings is 2. The van der Waals surface area contributed by atoms with E-state index in [0.29, 0.717) is 24.2 Å². The van der Waals surface area contributed by atoms with Crippen molar-refractivity contribution in [2.24, 2.45) is 9.81 Å². The predicted molar refractivity (Wildman–Crippen MR) is 113 cm³/mol. The molecule has 1 aliphatic carbocycles. The molecule has 2 aromatic rings.